The van der Waals surface area contributed by atoms with Crippen molar-refractivity contribution in [2.75, 3.05) is 5.32 Å². The lowest BCUT2D eigenvalue weighted by Gasteiger charge is -2.06. The first-order chi connectivity index (χ1) is 9.81. The van der Waals surface area contributed by atoms with Crippen LogP contribution in [0.2, 0.25) is 10.3 Å². The molecule has 0 saturated heterocycles. The van der Waals surface area contributed by atoms with Crippen molar-refractivity contribution >= 4 is 51.4 Å². The van der Waals surface area contributed by atoms with Gasteiger partial charge >= 0.3 is 5.97 Å². The number of rotatable bonds is 3. The van der Waals surface area contributed by atoms with Gasteiger partial charge in [0, 0.05) is 4.88 Å². The normalized spacial score (nSPS) is 10.5. The Morgan fingerprint density at radius 1 is 1.29 bits per heavy atom. The molecule has 8 heteroatoms. The largest absolute Gasteiger partial charge is 0.478 e. The number of nitrogens with zero attached hydrogens (tertiary/aromatic N) is 1. The lowest BCUT2D eigenvalue weighted by molar-refractivity contribution is 0.0697. The summed E-state index contributed by atoms with van der Waals surface area (Å²) in [6.45, 7) is 3.49. The van der Waals surface area contributed by atoms with Gasteiger partial charge in [0.25, 0.3) is 5.91 Å². The van der Waals surface area contributed by atoms with Gasteiger partial charge in [-0.25, -0.2) is 9.78 Å². The third-order valence-corrected chi connectivity index (χ3v) is 4.51. The molecule has 0 aliphatic heterocycles. The van der Waals surface area contributed by atoms with E-state index in [4.69, 9.17) is 23.2 Å². The number of carbonyl (C=O) groups is 2. The molecule has 0 aliphatic rings. The van der Waals surface area contributed by atoms with E-state index in [0.717, 1.165) is 4.88 Å². The number of aromatic nitrogens is 1. The summed E-state index contributed by atoms with van der Waals surface area (Å²) in [5.41, 5.74) is 0.841. The third kappa shape index (κ3) is 3.18. The van der Waals surface area contributed by atoms with Crippen LogP contribution in [0.25, 0.3) is 0 Å². The van der Waals surface area contributed by atoms with Gasteiger partial charge in [-0.3, -0.25) is 4.79 Å². The lowest BCUT2D eigenvalue weighted by Crippen LogP contribution is -2.14. The number of carboxylic acids is 1. The van der Waals surface area contributed by atoms with E-state index in [1.807, 2.05) is 0 Å². The van der Waals surface area contributed by atoms with Crippen molar-refractivity contribution in [2.24, 2.45) is 0 Å². The second kappa shape index (κ2) is 6.01. The summed E-state index contributed by atoms with van der Waals surface area (Å²) in [6, 6.07) is 2.87. The van der Waals surface area contributed by atoms with Gasteiger partial charge in [0.15, 0.2) is 0 Å². The van der Waals surface area contributed by atoms with Crippen molar-refractivity contribution in [1.82, 2.24) is 4.98 Å². The fourth-order valence-corrected chi connectivity index (χ4v) is 3.20. The summed E-state index contributed by atoms with van der Waals surface area (Å²) in [5, 5.41) is 12.2. The zero-order valence-electron chi connectivity index (χ0n) is 11.0. The summed E-state index contributed by atoms with van der Waals surface area (Å²) in [5.74, 6) is -1.62. The standard InChI is InChI=1S/C13H10Cl2N2O3S/c1-5-6(2)21-12(9(5)13(19)20)17-11(18)7-3-4-8(14)16-10(7)15/h3-4H,1-2H3,(H,17,18)(H,19,20). The van der Waals surface area contributed by atoms with E-state index in [1.165, 1.54) is 23.5 Å². The molecular weight excluding hydrogens is 335 g/mol. The predicted octanol–water partition coefficient (Wildman–Crippen LogP) is 4.02. The van der Waals surface area contributed by atoms with E-state index in [-0.39, 0.29) is 26.4 Å². The van der Waals surface area contributed by atoms with Crippen molar-refractivity contribution < 1.29 is 14.7 Å². The van der Waals surface area contributed by atoms with Crippen LogP contribution in [0.5, 0.6) is 0 Å². The first-order valence-corrected chi connectivity index (χ1v) is 7.35. The Morgan fingerprint density at radius 2 is 1.95 bits per heavy atom. The maximum absolute atomic E-state index is 12.2. The fourth-order valence-electron chi connectivity index (χ4n) is 1.72. The number of halogens is 2. The van der Waals surface area contributed by atoms with Gasteiger partial charge < -0.3 is 10.4 Å². The molecule has 2 N–H and O–H groups in total. The zero-order chi connectivity index (χ0) is 15.7. The molecule has 2 rings (SSSR count). The fraction of sp³-hybridized carbons (Fsp3) is 0.154. The Bertz CT molecular complexity index is 743. The number of aryl methyl sites for hydroxylation is 1. The molecule has 0 spiro atoms. The Kier molecular flexibility index (Phi) is 4.51. The maximum Gasteiger partial charge on any atom is 0.338 e. The maximum atomic E-state index is 12.2. The molecule has 0 aromatic carbocycles. The first-order valence-electron chi connectivity index (χ1n) is 5.78. The highest BCUT2D eigenvalue weighted by Gasteiger charge is 2.21. The summed E-state index contributed by atoms with van der Waals surface area (Å²) >= 11 is 12.7. The number of hydrogen-bond acceptors (Lipinski definition) is 4. The number of carbonyl (C=O) groups excluding carboxylic acids is 1. The number of thiophene rings is 1. The highest BCUT2D eigenvalue weighted by molar-refractivity contribution is 7.16. The molecule has 2 aromatic heterocycles. The molecule has 2 aromatic rings. The first kappa shape index (κ1) is 15.8. The van der Waals surface area contributed by atoms with E-state index < -0.39 is 11.9 Å². The number of carboxylic acid groups (broad SMARTS) is 1. The van der Waals surface area contributed by atoms with Crippen LogP contribution in [0.1, 0.15) is 31.2 Å². The van der Waals surface area contributed by atoms with E-state index in [1.54, 1.807) is 13.8 Å². The summed E-state index contributed by atoms with van der Waals surface area (Å²) in [4.78, 5) is 28.1. The number of nitrogens with one attached hydrogen (secondary N) is 1. The number of hydrogen-bond donors (Lipinski definition) is 2. The Balaban J connectivity index is 2.36. The van der Waals surface area contributed by atoms with Crippen molar-refractivity contribution in [3.8, 4) is 0 Å². The van der Waals surface area contributed by atoms with Crippen molar-refractivity contribution in [1.29, 1.82) is 0 Å². The highest BCUT2D eigenvalue weighted by atomic mass is 35.5. The molecule has 0 unspecified atom stereocenters. The minimum absolute atomic E-state index is 0.0399. The average molecular weight is 345 g/mol. The smallest absolute Gasteiger partial charge is 0.338 e. The van der Waals surface area contributed by atoms with Crippen molar-refractivity contribution in [3.63, 3.8) is 0 Å². The second-order valence-electron chi connectivity index (χ2n) is 4.22. The molecule has 21 heavy (non-hydrogen) atoms. The summed E-state index contributed by atoms with van der Waals surface area (Å²) < 4.78 is 0. The average Bonchev–Trinajstić information content (AvgIpc) is 2.64. The third-order valence-electron chi connectivity index (χ3n) is 2.89. The molecule has 0 saturated carbocycles. The molecule has 0 radical (unpaired) electrons. The number of aromatic carboxylic acids is 1. The summed E-state index contributed by atoms with van der Waals surface area (Å²) in [7, 11) is 0. The molecule has 2 heterocycles. The molecule has 5 nitrogen and oxygen atoms in total. The Hall–Kier alpha value is -1.63. The van der Waals surface area contributed by atoms with Gasteiger partial charge in [-0.15, -0.1) is 11.3 Å². The van der Waals surface area contributed by atoms with Crippen LogP contribution < -0.4 is 5.32 Å². The van der Waals surface area contributed by atoms with Crippen LogP contribution in [-0.4, -0.2) is 22.0 Å². The van der Waals surface area contributed by atoms with Crippen LogP contribution in [0.15, 0.2) is 12.1 Å². The highest BCUT2D eigenvalue weighted by Crippen LogP contribution is 2.33. The molecule has 110 valence electrons. The van der Waals surface area contributed by atoms with Gasteiger partial charge in [-0.05, 0) is 31.5 Å². The van der Waals surface area contributed by atoms with Gasteiger partial charge in [0.2, 0.25) is 0 Å². The summed E-state index contributed by atoms with van der Waals surface area (Å²) in [6.07, 6.45) is 0. The number of pyridine rings is 1. The molecule has 0 aliphatic carbocycles. The van der Waals surface area contributed by atoms with Crippen LogP contribution in [-0.2, 0) is 0 Å². The van der Waals surface area contributed by atoms with Gasteiger partial charge in [-0.1, -0.05) is 23.2 Å². The van der Waals surface area contributed by atoms with Gasteiger partial charge in [0.05, 0.1) is 11.1 Å². The minimum Gasteiger partial charge on any atom is -0.478 e. The molecule has 0 bridgehead atoms. The SMILES string of the molecule is Cc1sc(NC(=O)c2ccc(Cl)nc2Cl)c(C(=O)O)c1C. The van der Waals surface area contributed by atoms with Crippen LogP contribution in [0, 0.1) is 13.8 Å². The number of amides is 1. The van der Waals surface area contributed by atoms with Gasteiger partial charge in [0.1, 0.15) is 15.3 Å². The van der Waals surface area contributed by atoms with Crippen LogP contribution in [0.4, 0.5) is 5.00 Å². The van der Waals surface area contributed by atoms with Gasteiger partial charge in [-0.2, -0.15) is 0 Å². The second-order valence-corrected chi connectivity index (χ2v) is 6.19. The van der Waals surface area contributed by atoms with E-state index in [0.29, 0.717) is 5.56 Å². The number of anilines is 1. The monoisotopic (exact) mass is 344 g/mol. The molecule has 0 fully saturated rings. The van der Waals surface area contributed by atoms with Crippen molar-refractivity contribution in [2.45, 2.75) is 13.8 Å². The Labute approximate surface area is 134 Å². The van der Waals surface area contributed by atoms with E-state index in [2.05, 4.69) is 10.3 Å². The lowest BCUT2D eigenvalue weighted by atomic mass is 10.1. The van der Waals surface area contributed by atoms with E-state index in [9.17, 15) is 14.7 Å². The minimum atomic E-state index is -1.09. The molecule has 1 amide bonds. The predicted molar refractivity (Wildman–Crippen MR) is 83.0 cm³/mol. The quantitative estimate of drug-likeness (QED) is 0.824. The zero-order valence-corrected chi connectivity index (χ0v) is 13.4. The van der Waals surface area contributed by atoms with Crippen LogP contribution in [0.3, 0.4) is 0 Å². The Morgan fingerprint density at radius 3 is 2.52 bits per heavy atom. The van der Waals surface area contributed by atoms with Crippen LogP contribution >= 0.6 is 34.5 Å². The topological polar surface area (TPSA) is 79.3 Å². The molecular formula is C13H10Cl2N2O3S. The molecule has 0 atom stereocenters. The van der Waals surface area contributed by atoms with E-state index >= 15 is 0 Å². The van der Waals surface area contributed by atoms with Crippen molar-refractivity contribution in [3.05, 3.63) is 44.0 Å².